The third-order valence-electron chi connectivity index (χ3n) is 4.39. The Hall–Kier alpha value is -4.74. The molecule has 8 nitrogen and oxygen atoms in total. The van der Waals surface area contributed by atoms with Gasteiger partial charge in [-0.1, -0.05) is 18.2 Å². The number of ether oxygens (including phenoxy) is 1. The number of nitrogens with zero attached hydrogens (tertiary/aromatic N) is 1. The first-order valence-electron chi connectivity index (χ1n) is 10.2. The van der Waals surface area contributed by atoms with E-state index in [1.165, 1.54) is 42.6 Å². The van der Waals surface area contributed by atoms with Crippen LogP contribution in [0.15, 0.2) is 77.9 Å². The maximum atomic E-state index is 12.9. The van der Waals surface area contributed by atoms with Crippen LogP contribution >= 0.6 is 0 Å². The minimum atomic E-state index is -4.54. The number of rotatable bonds is 7. The summed E-state index contributed by atoms with van der Waals surface area (Å²) in [4.78, 5) is 35.7. The molecule has 36 heavy (non-hydrogen) atoms. The van der Waals surface area contributed by atoms with Gasteiger partial charge in [-0.2, -0.15) is 18.3 Å². The second-order valence-electron chi connectivity index (χ2n) is 7.15. The Morgan fingerprint density at radius 3 is 2.31 bits per heavy atom. The molecule has 0 radical (unpaired) electrons. The number of alkyl halides is 3. The first-order chi connectivity index (χ1) is 17.1. The van der Waals surface area contributed by atoms with Gasteiger partial charge in [-0.25, -0.2) is 9.82 Å². The highest BCUT2D eigenvalue weighted by atomic mass is 19.4. The van der Waals surface area contributed by atoms with Crippen LogP contribution in [0.4, 0.5) is 28.9 Å². The zero-order valence-electron chi connectivity index (χ0n) is 18.3. The quantitative estimate of drug-likeness (QED) is 0.197. The molecule has 3 aromatic carbocycles. The average Bonchev–Trinajstić information content (AvgIpc) is 2.84. The number of benzene rings is 3. The first kappa shape index (κ1) is 25.9. The summed E-state index contributed by atoms with van der Waals surface area (Å²) < 4.78 is 56.6. The highest BCUT2D eigenvalue weighted by Crippen LogP contribution is 2.30. The van der Waals surface area contributed by atoms with E-state index >= 15 is 0 Å². The van der Waals surface area contributed by atoms with Crippen molar-refractivity contribution in [3.63, 3.8) is 0 Å². The van der Waals surface area contributed by atoms with Gasteiger partial charge in [0.2, 0.25) is 0 Å². The van der Waals surface area contributed by atoms with E-state index in [1.54, 1.807) is 12.1 Å². The van der Waals surface area contributed by atoms with Crippen molar-refractivity contribution in [2.45, 2.75) is 6.18 Å². The second-order valence-corrected chi connectivity index (χ2v) is 7.15. The monoisotopic (exact) mass is 502 g/mol. The molecule has 3 rings (SSSR count). The molecule has 0 fully saturated rings. The number of nitrogens with one attached hydrogen (secondary N) is 3. The van der Waals surface area contributed by atoms with Gasteiger partial charge in [0.1, 0.15) is 11.6 Å². The highest BCUT2D eigenvalue weighted by Gasteiger charge is 2.30. The largest absolute Gasteiger partial charge is 0.484 e. The van der Waals surface area contributed by atoms with Crippen LogP contribution < -0.4 is 20.8 Å². The van der Waals surface area contributed by atoms with Gasteiger partial charge in [0.25, 0.3) is 5.91 Å². The number of hydrazone groups is 1. The average molecular weight is 502 g/mol. The summed E-state index contributed by atoms with van der Waals surface area (Å²) in [6.07, 6.45) is -3.32. The van der Waals surface area contributed by atoms with Crippen molar-refractivity contribution < 1.29 is 36.7 Å². The van der Waals surface area contributed by atoms with E-state index in [1.807, 2.05) is 5.43 Å². The topological polar surface area (TPSA) is 109 Å². The molecule has 12 heteroatoms. The van der Waals surface area contributed by atoms with Crippen LogP contribution in [0.1, 0.15) is 11.1 Å². The van der Waals surface area contributed by atoms with E-state index in [4.69, 9.17) is 4.74 Å². The molecule has 0 aliphatic rings. The Bertz CT molecular complexity index is 1280. The number of carbonyl (C=O) groups excluding carboxylic acids is 3. The number of amides is 3. The lowest BCUT2D eigenvalue weighted by Crippen LogP contribution is -2.32. The molecule has 0 spiro atoms. The molecule has 0 heterocycles. The summed E-state index contributed by atoms with van der Waals surface area (Å²) in [5.74, 6) is -2.99. The molecular weight excluding hydrogens is 484 g/mol. The molecule has 3 aromatic rings. The van der Waals surface area contributed by atoms with Crippen LogP contribution in [0, 0.1) is 5.82 Å². The Morgan fingerprint density at radius 1 is 0.861 bits per heavy atom. The van der Waals surface area contributed by atoms with E-state index in [0.29, 0.717) is 5.56 Å². The minimum absolute atomic E-state index is 0.0292. The fraction of sp³-hybridized carbons (Fsp3) is 0.0833. The fourth-order valence-corrected chi connectivity index (χ4v) is 2.74. The maximum absolute atomic E-state index is 12.9. The fourth-order valence-electron chi connectivity index (χ4n) is 2.74. The van der Waals surface area contributed by atoms with Gasteiger partial charge in [0, 0.05) is 11.4 Å². The van der Waals surface area contributed by atoms with Gasteiger partial charge in [0.05, 0.1) is 11.8 Å². The summed E-state index contributed by atoms with van der Waals surface area (Å²) in [7, 11) is 0. The van der Waals surface area contributed by atoms with Crippen molar-refractivity contribution in [1.82, 2.24) is 5.43 Å². The third-order valence-corrected chi connectivity index (χ3v) is 4.39. The lowest BCUT2D eigenvalue weighted by atomic mass is 10.2. The van der Waals surface area contributed by atoms with Gasteiger partial charge < -0.3 is 15.4 Å². The Kier molecular flexibility index (Phi) is 8.34. The normalized spacial score (nSPS) is 11.1. The predicted octanol–water partition coefficient (Wildman–Crippen LogP) is 3.95. The second kappa shape index (κ2) is 11.6. The number of halogens is 4. The van der Waals surface area contributed by atoms with Crippen molar-refractivity contribution in [3.8, 4) is 5.75 Å². The van der Waals surface area contributed by atoms with E-state index in [-0.39, 0.29) is 17.1 Å². The van der Waals surface area contributed by atoms with Crippen LogP contribution in [-0.4, -0.2) is 30.5 Å². The zero-order chi connectivity index (χ0) is 26.1. The number of hydrogen-bond donors (Lipinski definition) is 3. The van der Waals surface area contributed by atoms with E-state index in [9.17, 15) is 31.9 Å². The first-order valence-corrected chi connectivity index (χ1v) is 10.2. The number of hydrogen-bond acceptors (Lipinski definition) is 5. The Morgan fingerprint density at radius 2 is 1.58 bits per heavy atom. The van der Waals surface area contributed by atoms with Crippen molar-refractivity contribution in [3.05, 3.63) is 89.7 Å². The molecule has 0 unspecified atom stereocenters. The molecule has 0 saturated carbocycles. The highest BCUT2D eigenvalue weighted by molar-refractivity contribution is 6.39. The predicted molar refractivity (Wildman–Crippen MR) is 123 cm³/mol. The van der Waals surface area contributed by atoms with Crippen LogP contribution in [0.3, 0.4) is 0 Å². The van der Waals surface area contributed by atoms with Gasteiger partial charge >= 0.3 is 18.0 Å². The lowest BCUT2D eigenvalue weighted by molar-refractivity contribution is -0.137. The molecule has 0 aliphatic heterocycles. The summed E-state index contributed by atoms with van der Waals surface area (Å²) in [5, 5.41) is 8.27. The smallest absolute Gasteiger partial charge is 0.416 e. The molecule has 0 saturated heterocycles. The summed E-state index contributed by atoms with van der Waals surface area (Å²) in [6, 6.07) is 15.2. The summed E-state index contributed by atoms with van der Waals surface area (Å²) >= 11 is 0. The summed E-state index contributed by atoms with van der Waals surface area (Å²) in [5.41, 5.74) is 1.78. The lowest BCUT2D eigenvalue weighted by Gasteiger charge is -2.10. The van der Waals surface area contributed by atoms with E-state index < -0.39 is 41.9 Å². The van der Waals surface area contributed by atoms with Crippen molar-refractivity contribution >= 4 is 35.3 Å². The molecule has 186 valence electrons. The molecule has 3 amide bonds. The molecular formula is C24H18F4N4O4. The van der Waals surface area contributed by atoms with Crippen molar-refractivity contribution in [1.29, 1.82) is 0 Å². The van der Waals surface area contributed by atoms with Crippen LogP contribution in [0.25, 0.3) is 0 Å². The van der Waals surface area contributed by atoms with Crippen LogP contribution in [0.5, 0.6) is 5.75 Å². The molecule has 0 atom stereocenters. The standard InChI is InChI=1S/C24H18F4N4O4/c25-17-7-9-18(10-8-17)31-22(34)23(35)32-29-13-15-3-1-6-20(11-15)36-14-21(33)30-19-5-2-4-16(12-19)24(26,27)28/h1-13H,14H2,(H,30,33)(H,31,34)(H,32,35)/b29-13-. The molecule has 3 N–H and O–H groups in total. The van der Waals surface area contributed by atoms with E-state index in [0.717, 1.165) is 24.3 Å². The zero-order valence-corrected chi connectivity index (χ0v) is 18.3. The van der Waals surface area contributed by atoms with Gasteiger partial charge in [-0.15, -0.1) is 0 Å². The van der Waals surface area contributed by atoms with E-state index in [2.05, 4.69) is 15.7 Å². The minimum Gasteiger partial charge on any atom is -0.484 e. The molecule has 0 bridgehead atoms. The van der Waals surface area contributed by atoms with Crippen molar-refractivity contribution in [2.24, 2.45) is 5.10 Å². The Balaban J connectivity index is 1.49. The SMILES string of the molecule is O=C(COc1cccc(/C=N\NC(=O)C(=O)Nc2ccc(F)cc2)c1)Nc1cccc(C(F)(F)F)c1. The summed E-state index contributed by atoms with van der Waals surface area (Å²) in [6.45, 7) is -0.475. The van der Waals surface area contributed by atoms with Crippen molar-refractivity contribution in [2.75, 3.05) is 17.2 Å². The van der Waals surface area contributed by atoms with Gasteiger partial charge in [-0.3, -0.25) is 14.4 Å². The Labute approximate surface area is 202 Å². The number of carbonyl (C=O) groups is 3. The van der Waals surface area contributed by atoms with Gasteiger partial charge in [-0.05, 0) is 60.2 Å². The molecule has 0 aliphatic carbocycles. The van der Waals surface area contributed by atoms with Crippen LogP contribution in [-0.2, 0) is 20.6 Å². The third kappa shape index (κ3) is 7.94. The maximum Gasteiger partial charge on any atom is 0.416 e. The molecule has 0 aromatic heterocycles. The number of anilines is 2. The van der Waals surface area contributed by atoms with Crippen LogP contribution in [0.2, 0.25) is 0 Å². The van der Waals surface area contributed by atoms with Gasteiger partial charge in [0.15, 0.2) is 6.61 Å².